The number of carbonyl (C=O) groups is 1. The Morgan fingerprint density at radius 2 is 1.75 bits per heavy atom. The van der Waals surface area contributed by atoms with Crippen molar-refractivity contribution in [3.05, 3.63) is 83.3 Å². The summed E-state index contributed by atoms with van der Waals surface area (Å²) in [6.07, 6.45) is 1.50. The number of hydrogen-bond donors (Lipinski definition) is 1. The van der Waals surface area contributed by atoms with E-state index in [2.05, 4.69) is 15.5 Å². The molecular formula is C22H24FN3O2. The number of halogens is 1. The minimum absolute atomic E-state index is 0.0817. The van der Waals surface area contributed by atoms with E-state index in [-0.39, 0.29) is 23.7 Å². The fraction of sp³-hybridized carbons (Fsp3) is 0.318. The van der Waals surface area contributed by atoms with E-state index in [4.69, 9.17) is 4.52 Å². The monoisotopic (exact) mass is 381 g/mol. The van der Waals surface area contributed by atoms with Crippen LogP contribution in [0.25, 0.3) is 0 Å². The van der Waals surface area contributed by atoms with E-state index in [1.54, 1.807) is 12.1 Å². The van der Waals surface area contributed by atoms with Gasteiger partial charge in [-0.1, -0.05) is 61.5 Å². The van der Waals surface area contributed by atoms with E-state index in [9.17, 15) is 9.18 Å². The Hall–Kier alpha value is -3.02. The molecule has 3 rings (SSSR count). The Kier molecular flexibility index (Phi) is 6.53. The third-order valence-electron chi connectivity index (χ3n) is 4.44. The molecule has 0 aliphatic carbocycles. The van der Waals surface area contributed by atoms with Gasteiger partial charge >= 0.3 is 0 Å². The summed E-state index contributed by atoms with van der Waals surface area (Å²) >= 11 is 0. The van der Waals surface area contributed by atoms with Gasteiger partial charge in [-0.3, -0.25) is 4.79 Å². The highest BCUT2D eigenvalue weighted by molar-refractivity contribution is 5.77. The van der Waals surface area contributed by atoms with Crippen LogP contribution in [0.1, 0.15) is 61.5 Å². The summed E-state index contributed by atoms with van der Waals surface area (Å²) in [5, 5.41) is 6.98. The topological polar surface area (TPSA) is 68.0 Å². The lowest BCUT2D eigenvalue weighted by molar-refractivity contribution is -0.121. The standard InChI is InChI=1S/C22H24FN3O2/c1-15(2)22-25-20(28-26-22)10-6-9-19(27)24-21(16-7-4-3-5-8-16)17-11-13-18(23)14-12-17/h3-5,7-8,11-15,21H,6,9-10H2,1-2H3,(H,24,27)/t21-/m0/s1. The molecule has 0 saturated carbocycles. The fourth-order valence-electron chi connectivity index (χ4n) is 2.90. The van der Waals surface area contributed by atoms with Gasteiger partial charge in [-0.15, -0.1) is 0 Å². The molecule has 1 N–H and O–H groups in total. The largest absolute Gasteiger partial charge is 0.345 e. The number of aryl methyl sites for hydroxylation is 1. The van der Waals surface area contributed by atoms with Crippen molar-refractivity contribution in [2.45, 2.75) is 45.1 Å². The number of amides is 1. The molecule has 146 valence electrons. The quantitative estimate of drug-likeness (QED) is 0.621. The zero-order valence-electron chi connectivity index (χ0n) is 16.1. The lowest BCUT2D eigenvalue weighted by Gasteiger charge is -2.20. The molecule has 2 aromatic carbocycles. The second kappa shape index (κ2) is 9.26. The van der Waals surface area contributed by atoms with Crippen LogP contribution in [-0.4, -0.2) is 16.0 Å². The molecule has 1 heterocycles. The average molecular weight is 381 g/mol. The summed E-state index contributed by atoms with van der Waals surface area (Å²) in [6.45, 7) is 4.00. The van der Waals surface area contributed by atoms with Crippen molar-refractivity contribution in [2.24, 2.45) is 0 Å². The molecule has 6 heteroatoms. The first-order chi connectivity index (χ1) is 13.5. The minimum atomic E-state index is -0.328. The SMILES string of the molecule is CC(C)c1noc(CCCC(=O)N[C@@H](c2ccccc2)c2ccc(F)cc2)n1. The minimum Gasteiger partial charge on any atom is -0.345 e. The molecular weight excluding hydrogens is 357 g/mol. The number of benzene rings is 2. The van der Waals surface area contributed by atoms with Crippen LogP contribution in [0.5, 0.6) is 0 Å². The van der Waals surface area contributed by atoms with Crippen LogP contribution >= 0.6 is 0 Å². The third kappa shape index (κ3) is 5.25. The summed E-state index contributed by atoms with van der Waals surface area (Å²) in [7, 11) is 0. The number of nitrogens with zero attached hydrogens (tertiary/aromatic N) is 2. The fourth-order valence-corrected chi connectivity index (χ4v) is 2.90. The van der Waals surface area contributed by atoms with Crippen LogP contribution in [0.15, 0.2) is 59.1 Å². The molecule has 0 bridgehead atoms. The normalized spacial score (nSPS) is 12.1. The Balaban J connectivity index is 1.61. The van der Waals surface area contributed by atoms with Crippen LogP contribution in [0.3, 0.4) is 0 Å². The highest BCUT2D eigenvalue weighted by atomic mass is 19.1. The number of hydrogen-bond acceptors (Lipinski definition) is 4. The van der Waals surface area contributed by atoms with Crippen molar-refractivity contribution in [2.75, 3.05) is 0 Å². The molecule has 0 aliphatic rings. The lowest BCUT2D eigenvalue weighted by Crippen LogP contribution is -2.29. The predicted octanol–water partition coefficient (Wildman–Crippen LogP) is 4.56. The second-order valence-corrected chi connectivity index (χ2v) is 7.02. The smallest absolute Gasteiger partial charge is 0.226 e. The average Bonchev–Trinajstić information content (AvgIpc) is 3.17. The van der Waals surface area contributed by atoms with Gasteiger partial charge in [0.2, 0.25) is 11.8 Å². The lowest BCUT2D eigenvalue weighted by atomic mass is 9.98. The summed E-state index contributed by atoms with van der Waals surface area (Å²) < 4.78 is 18.5. The highest BCUT2D eigenvalue weighted by Crippen LogP contribution is 2.22. The first-order valence-corrected chi connectivity index (χ1v) is 9.45. The molecule has 0 fully saturated rings. The van der Waals surface area contributed by atoms with Crippen LogP contribution in [0.4, 0.5) is 4.39 Å². The van der Waals surface area contributed by atoms with E-state index in [1.165, 1.54) is 12.1 Å². The van der Waals surface area contributed by atoms with Crippen molar-refractivity contribution in [1.29, 1.82) is 0 Å². The maximum atomic E-state index is 13.3. The van der Waals surface area contributed by atoms with Gasteiger partial charge in [0, 0.05) is 18.8 Å². The van der Waals surface area contributed by atoms with Crippen molar-refractivity contribution in [1.82, 2.24) is 15.5 Å². The van der Waals surface area contributed by atoms with Gasteiger partial charge in [0.25, 0.3) is 0 Å². The third-order valence-corrected chi connectivity index (χ3v) is 4.44. The van der Waals surface area contributed by atoms with Crippen molar-refractivity contribution < 1.29 is 13.7 Å². The number of rotatable bonds is 8. The van der Waals surface area contributed by atoms with Crippen molar-refractivity contribution >= 4 is 5.91 Å². The molecule has 0 radical (unpaired) electrons. The van der Waals surface area contributed by atoms with E-state index >= 15 is 0 Å². The number of carbonyl (C=O) groups excluding carboxylic acids is 1. The molecule has 1 amide bonds. The van der Waals surface area contributed by atoms with E-state index in [0.717, 1.165) is 11.1 Å². The molecule has 3 aromatic rings. The maximum absolute atomic E-state index is 13.3. The summed E-state index contributed by atoms with van der Waals surface area (Å²) in [5.41, 5.74) is 1.78. The van der Waals surface area contributed by atoms with Gasteiger partial charge in [-0.25, -0.2) is 4.39 Å². The molecule has 28 heavy (non-hydrogen) atoms. The van der Waals surface area contributed by atoms with E-state index in [1.807, 2.05) is 44.2 Å². The Morgan fingerprint density at radius 3 is 2.39 bits per heavy atom. The summed E-state index contributed by atoms with van der Waals surface area (Å²) in [4.78, 5) is 16.8. The van der Waals surface area contributed by atoms with Gasteiger partial charge in [0.1, 0.15) is 5.82 Å². The van der Waals surface area contributed by atoms with Gasteiger partial charge in [-0.2, -0.15) is 4.98 Å². The van der Waals surface area contributed by atoms with Gasteiger partial charge in [0.05, 0.1) is 6.04 Å². The Labute approximate surface area is 164 Å². The Morgan fingerprint density at radius 1 is 1.07 bits per heavy atom. The highest BCUT2D eigenvalue weighted by Gasteiger charge is 2.17. The molecule has 0 spiro atoms. The number of nitrogens with one attached hydrogen (secondary N) is 1. The summed E-state index contributed by atoms with van der Waals surface area (Å²) in [6, 6.07) is 15.5. The van der Waals surface area contributed by atoms with Gasteiger partial charge < -0.3 is 9.84 Å². The molecule has 0 unspecified atom stereocenters. The zero-order valence-corrected chi connectivity index (χ0v) is 16.1. The zero-order chi connectivity index (χ0) is 19.9. The number of aromatic nitrogens is 2. The van der Waals surface area contributed by atoms with Crippen molar-refractivity contribution in [3.8, 4) is 0 Å². The van der Waals surface area contributed by atoms with E-state index < -0.39 is 0 Å². The van der Waals surface area contributed by atoms with E-state index in [0.29, 0.717) is 31.0 Å². The molecule has 1 atom stereocenters. The maximum Gasteiger partial charge on any atom is 0.226 e. The van der Waals surface area contributed by atoms with Crippen molar-refractivity contribution in [3.63, 3.8) is 0 Å². The van der Waals surface area contributed by atoms with Crippen LogP contribution in [0.2, 0.25) is 0 Å². The van der Waals surface area contributed by atoms with Gasteiger partial charge in [-0.05, 0) is 29.7 Å². The van der Waals surface area contributed by atoms with Crippen LogP contribution in [0, 0.1) is 5.82 Å². The predicted molar refractivity (Wildman–Crippen MR) is 104 cm³/mol. The summed E-state index contributed by atoms with van der Waals surface area (Å²) in [5.74, 6) is 1.06. The first-order valence-electron chi connectivity index (χ1n) is 9.45. The first kappa shape index (κ1) is 19.7. The Bertz CT molecular complexity index is 892. The van der Waals surface area contributed by atoms with Gasteiger partial charge in [0.15, 0.2) is 5.82 Å². The van der Waals surface area contributed by atoms with Crippen LogP contribution in [-0.2, 0) is 11.2 Å². The second-order valence-electron chi connectivity index (χ2n) is 7.02. The molecule has 5 nitrogen and oxygen atoms in total. The van der Waals surface area contributed by atoms with Crippen LogP contribution < -0.4 is 5.32 Å². The molecule has 1 aromatic heterocycles. The molecule has 0 aliphatic heterocycles. The molecule has 0 saturated heterocycles.